The molecule has 21 heavy (non-hydrogen) atoms. The van der Waals surface area contributed by atoms with E-state index in [0.717, 1.165) is 54.5 Å². The normalized spacial score (nSPS) is 16.8. The maximum absolute atomic E-state index is 6.42. The number of anilines is 1. The van der Waals surface area contributed by atoms with Gasteiger partial charge in [0.15, 0.2) is 0 Å². The molecule has 2 aromatic rings. The number of benzene rings is 1. The van der Waals surface area contributed by atoms with Crippen molar-refractivity contribution in [3.05, 3.63) is 29.6 Å². The van der Waals surface area contributed by atoms with Crippen molar-refractivity contribution >= 4 is 5.82 Å². The van der Waals surface area contributed by atoms with Crippen molar-refractivity contribution in [1.82, 2.24) is 9.55 Å². The van der Waals surface area contributed by atoms with Gasteiger partial charge < -0.3 is 15.0 Å². The molecule has 0 bridgehead atoms. The molecule has 1 aromatic carbocycles. The minimum Gasteiger partial charge on any atom is -0.493 e. The summed E-state index contributed by atoms with van der Waals surface area (Å²) < 4.78 is 7.84. The van der Waals surface area contributed by atoms with Gasteiger partial charge in [-0.25, -0.2) is 4.98 Å². The summed E-state index contributed by atoms with van der Waals surface area (Å²) >= 11 is 0. The van der Waals surface area contributed by atoms with Crippen LogP contribution in [0.25, 0.3) is 11.3 Å². The average molecular weight is 283 g/mol. The van der Waals surface area contributed by atoms with Crippen LogP contribution in [0.3, 0.4) is 0 Å². The van der Waals surface area contributed by atoms with Crippen LogP contribution in [-0.2, 0) is 12.8 Å². The summed E-state index contributed by atoms with van der Waals surface area (Å²) in [6, 6.07) is 6.89. The summed E-state index contributed by atoms with van der Waals surface area (Å²) in [6.07, 6.45) is 5.53. The fourth-order valence-electron chi connectivity index (χ4n) is 3.18. The van der Waals surface area contributed by atoms with Crippen molar-refractivity contribution in [3.63, 3.8) is 0 Å². The van der Waals surface area contributed by atoms with E-state index in [2.05, 4.69) is 23.6 Å². The molecule has 2 heterocycles. The molecule has 4 heteroatoms. The predicted molar refractivity (Wildman–Crippen MR) is 83.5 cm³/mol. The first-order valence-electron chi connectivity index (χ1n) is 7.90. The van der Waals surface area contributed by atoms with E-state index in [4.69, 9.17) is 15.5 Å². The van der Waals surface area contributed by atoms with Crippen LogP contribution in [-0.4, -0.2) is 16.2 Å². The highest BCUT2D eigenvalue weighted by atomic mass is 16.5. The molecule has 1 aromatic heterocycles. The van der Waals surface area contributed by atoms with Crippen LogP contribution in [0.15, 0.2) is 18.2 Å². The molecular formula is C17H21N3O. The van der Waals surface area contributed by atoms with Crippen molar-refractivity contribution in [2.45, 2.75) is 45.1 Å². The maximum Gasteiger partial charge on any atom is 0.131 e. The molecule has 0 amide bonds. The Morgan fingerprint density at radius 3 is 3.00 bits per heavy atom. The maximum atomic E-state index is 6.42. The van der Waals surface area contributed by atoms with Gasteiger partial charge in [-0.2, -0.15) is 0 Å². The summed E-state index contributed by atoms with van der Waals surface area (Å²) in [5.74, 6) is 2.98. The number of nitrogen functional groups attached to an aromatic ring is 1. The summed E-state index contributed by atoms with van der Waals surface area (Å²) in [5, 5.41) is 0. The van der Waals surface area contributed by atoms with Crippen LogP contribution >= 0.6 is 0 Å². The number of fused-ring (bicyclic) bond motifs is 1. The SMILES string of the molecule is CCCc1nc(-c2ccc3c(c2)CCO3)c(N)n1C1CC1. The van der Waals surface area contributed by atoms with E-state index in [-0.39, 0.29) is 0 Å². The zero-order valence-electron chi connectivity index (χ0n) is 12.4. The molecule has 1 saturated carbocycles. The third-order valence-corrected chi connectivity index (χ3v) is 4.37. The van der Waals surface area contributed by atoms with Gasteiger partial charge in [0, 0.05) is 24.4 Å². The summed E-state index contributed by atoms with van der Waals surface area (Å²) in [7, 11) is 0. The van der Waals surface area contributed by atoms with Crippen molar-refractivity contribution < 1.29 is 4.74 Å². The van der Waals surface area contributed by atoms with Crippen LogP contribution in [0.5, 0.6) is 5.75 Å². The monoisotopic (exact) mass is 283 g/mol. The summed E-state index contributed by atoms with van der Waals surface area (Å²) in [6.45, 7) is 2.97. The fraction of sp³-hybridized carbons (Fsp3) is 0.471. The highest BCUT2D eigenvalue weighted by molar-refractivity contribution is 5.73. The van der Waals surface area contributed by atoms with Gasteiger partial charge in [-0.1, -0.05) is 6.92 Å². The number of ether oxygens (including phenoxy) is 1. The van der Waals surface area contributed by atoms with E-state index in [1.165, 1.54) is 18.4 Å². The Hall–Kier alpha value is -1.97. The summed E-state index contributed by atoms with van der Waals surface area (Å²) in [4.78, 5) is 4.85. The lowest BCUT2D eigenvalue weighted by Gasteiger charge is -2.07. The minimum atomic E-state index is 0.575. The number of aromatic nitrogens is 2. The molecule has 4 rings (SSSR count). The molecule has 0 radical (unpaired) electrons. The molecule has 110 valence electrons. The lowest BCUT2D eigenvalue weighted by Crippen LogP contribution is -2.05. The van der Waals surface area contributed by atoms with E-state index >= 15 is 0 Å². The lowest BCUT2D eigenvalue weighted by atomic mass is 10.1. The molecule has 4 nitrogen and oxygen atoms in total. The molecule has 0 saturated heterocycles. The molecule has 0 spiro atoms. The van der Waals surface area contributed by atoms with Crippen LogP contribution in [0.1, 0.15) is 43.6 Å². The fourth-order valence-corrected chi connectivity index (χ4v) is 3.18. The van der Waals surface area contributed by atoms with E-state index in [0.29, 0.717) is 6.04 Å². The third kappa shape index (κ3) is 2.09. The zero-order valence-corrected chi connectivity index (χ0v) is 12.4. The molecule has 2 N–H and O–H groups in total. The number of rotatable bonds is 4. The Balaban J connectivity index is 1.79. The topological polar surface area (TPSA) is 53.1 Å². The standard InChI is InChI=1S/C17H21N3O/c1-2-3-15-19-16(17(18)20(15)13-5-6-13)12-4-7-14-11(10-12)8-9-21-14/h4,7,10,13H,2-3,5-6,8-9,18H2,1H3. The lowest BCUT2D eigenvalue weighted by molar-refractivity contribution is 0.357. The van der Waals surface area contributed by atoms with Gasteiger partial charge in [-0.05, 0) is 43.0 Å². The van der Waals surface area contributed by atoms with Crippen molar-refractivity contribution in [3.8, 4) is 17.0 Å². The largest absolute Gasteiger partial charge is 0.493 e. The first-order valence-corrected chi connectivity index (χ1v) is 7.90. The molecule has 0 atom stereocenters. The Bertz CT molecular complexity index is 686. The van der Waals surface area contributed by atoms with Crippen LogP contribution in [0, 0.1) is 0 Å². The van der Waals surface area contributed by atoms with Gasteiger partial charge >= 0.3 is 0 Å². The van der Waals surface area contributed by atoms with Gasteiger partial charge in [0.05, 0.1) is 6.61 Å². The minimum absolute atomic E-state index is 0.575. The van der Waals surface area contributed by atoms with Crippen molar-refractivity contribution in [1.29, 1.82) is 0 Å². The molecule has 0 unspecified atom stereocenters. The first-order chi connectivity index (χ1) is 10.3. The second-order valence-corrected chi connectivity index (χ2v) is 6.03. The average Bonchev–Trinajstić information content (AvgIpc) is 3.10. The van der Waals surface area contributed by atoms with E-state index in [1.54, 1.807) is 0 Å². The highest BCUT2D eigenvalue weighted by Gasteiger charge is 2.30. The number of nitrogens with zero attached hydrogens (tertiary/aromatic N) is 2. The Kier molecular flexibility index (Phi) is 2.91. The van der Waals surface area contributed by atoms with Crippen LogP contribution in [0.4, 0.5) is 5.82 Å². The number of nitrogens with two attached hydrogens (primary N) is 1. The summed E-state index contributed by atoms with van der Waals surface area (Å²) in [5.41, 5.74) is 9.75. The molecule has 1 fully saturated rings. The second kappa shape index (κ2) is 4.79. The van der Waals surface area contributed by atoms with Crippen LogP contribution in [0.2, 0.25) is 0 Å². The predicted octanol–water partition coefficient (Wildman–Crippen LogP) is 3.35. The number of hydrogen-bond donors (Lipinski definition) is 1. The van der Waals surface area contributed by atoms with Gasteiger partial charge in [-0.15, -0.1) is 0 Å². The molecule has 1 aliphatic carbocycles. The Morgan fingerprint density at radius 2 is 2.24 bits per heavy atom. The van der Waals surface area contributed by atoms with Crippen molar-refractivity contribution in [2.24, 2.45) is 0 Å². The van der Waals surface area contributed by atoms with Crippen molar-refractivity contribution in [2.75, 3.05) is 12.3 Å². The highest BCUT2D eigenvalue weighted by Crippen LogP contribution is 2.41. The molecular weight excluding hydrogens is 262 g/mol. The quantitative estimate of drug-likeness (QED) is 0.936. The third-order valence-electron chi connectivity index (χ3n) is 4.37. The van der Waals surface area contributed by atoms with Gasteiger partial charge in [0.2, 0.25) is 0 Å². The second-order valence-electron chi connectivity index (χ2n) is 6.03. The Morgan fingerprint density at radius 1 is 1.38 bits per heavy atom. The number of aryl methyl sites for hydroxylation is 1. The van der Waals surface area contributed by atoms with E-state index in [9.17, 15) is 0 Å². The van der Waals surface area contributed by atoms with E-state index < -0.39 is 0 Å². The molecule has 2 aliphatic rings. The van der Waals surface area contributed by atoms with E-state index in [1.807, 2.05) is 6.07 Å². The van der Waals surface area contributed by atoms with Gasteiger partial charge in [0.25, 0.3) is 0 Å². The smallest absolute Gasteiger partial charge is 0.131 e. The Labute approximate surface area is 124 Å². The number of imidazole rings is 1. The number of hydrogen-bond acceptors (Lipinski definition) is 3. The van der Waals surface area contributed by atoms with Crippen LogP contribution < -0.4 is 10.5 Å². The van der Waals surface area contributed by atoms with Gasteiger partial charge in [0.1, 0.15) is 23.1 Å². The molecule has 1 aliphatic heterocycles. The zero-order chi connectivity index (χ0) is 14.4. The first kappa shape index (κ1) is 12.7. The van der Waals surface area contributed by atoms with Gasteiger partial charge in [-0.3, -0.25) is 0 Å².